The Morgan fingerprint density at radius 3 is 2.82 bits per heavy atom. The second kappa shape index (κ2) is 3.77. The van der Waals surface area contributed by atoms with Gasteiger partial charge in [0.15, 0.2) is 0 Å². The van der Waals surface area contributed by atoms with Crippen LogP contribution in [0, 0.1) is 0 Å². The number of benzene rings is 1. The first-order valence-electron chi connectivity index (χ1n) is 3.36. The first-order valence-corrected chi connectivity index (χ1v) is 3.36. The molecule has 0 amide bonds. The number of para-hydroxylation sites is 1. The monoisotopic (exact) mass is 225 g/mol. The Hall–Kier alpha value is -0.500. The molecule has 55 valence electrons. The third-order valence-corrected chi connectivity index (χ3v) is 1.60. The summed E-state index contributed by atoms with van der Waals surface area (Å²) >= 11 is 0. The molecule has 11 heavy (non-hydrogen) atoms. The minimum absolute atomic E-state index is 0. The van der Waals surface area contributed by atoms with Gasteiger partial charge >= 0.3 is 0 Å². The van der Waals surface area contributed by atoms with E-state index in [2.05, 4.69) is 6.07 Å². The molecule has 0 aromatic heterocycles. The average molecular weight is 225 g/mol. The SMILES string of the molecule is C1=COc2ccccc2C1.[Nb]. The van der Waals surface area contributed by atoms with Crippen molar-refractivity contribution in [1.29, 1.82) is 0 Å². The Kier molecular flexibility index (Phi) is 2.94. The molecule has 1 aliphatic heterocycles. The van der Waals surface area contributed by atoms with Crippen LogP contribution in [-0.2, 0) is 28.8 Å². The van der Waals surface area contributed by atoms with E-state index in [-0.39, 0.29) is 22.4 Å². The van der Waals surface area contributed by atoms with Gasteiger partial charge in [-0.05, 0) is 24.1 Å². The molecule has 0 unspecified atom stereocenters. The molecule has 0 saturated heterocycles. The molecule has 1 aliphatic rings. The van der Waals surface area contributed by atoms with Gasteiger partial charge in [-0.2, -0.15) is 0 Å². The molecule has 1 aromatic rings. The topological polar surface area (TPSA) is 9.23 Å². The van der Waals surface area contributed by atoms with Gasteiger partial charge in [0.2, 0.25) is 0 Å². The van der Waals surface area contributed by atoms with Crippen LogP contribution in [0.4, 0.5) is 0 Å². The van der Waals surface area contributed by atoms with Gasteiger partial charge in [0.25, 0.3) is 0 Å². The van der Waals surface area contributed by atoms with Crippen LogP contribution in [0.2, 0.25) is 0 Å². The van der Waals surface area contributed by atoms with Crippen LogP contribution in [0.15, 0.2) is 36.6 Å². The molecule has 0 bridgehead atoms. The second-order valence-electron chi connectivity index (χ2n) is 2.30. The van der Waals surface area contributed by atoms with Crippen molar-refractivity contribution in [3.8, 4) is 5.75 Å². The van der Waals surface area contributed by atoms with Crippen LogP contribution in [0.5, 0.6) is 5.75 Å². The molecule has 2 rings (SSSR count). The van der Waals surface area contributed by atoms with Gasteiger partial charge < -0.3 is 4.74 Å². The smallest absolute Gasteiger partial charge is 0.130 e. The zero-order valence-corrected chi connectivity index (χ0v) is 8.23. The number of hydrogen-bond acceptors (Lipinski definition) is 1. The van der Waals surface area contributed by atoms with Crippen LogP contribution in [0.25, 0.3) is 0 Å². The molecule has 2 heteroatoms. The van der Waals surface area contributed by atoms with Crippen LogP contribution in [0.1, 0.15) is 5.56 Å². The number of rotatable bonds is 0. The van der Waals surface area contributed by atoms with Crippen molar-refractivity contribution in [3.63, 3.8) is 0 Å². The summed E-state index contributed by atoms with van der Waals surface area (Å²) in [7, 11) is 0. The van der Waals surface area contributed by atoms with E-state index in [0.717, 1.165) is 12.2 Å². The van der Waals surface area contributed by atoms with Gasteiger partial charge in [-0.15, -0.1) is 0 Å². The third kappa shape index (κ3) is 1.75. The van der Waals surface area contributed by atoms with E-state index in [1.54, 1.807) is 6.26 Å². The summed E-state index contributed by atoms with van der Waals surface area (Å²) in [5.41, 5.74) is 1.27. The van der Waals surface area contributed by atoms with E-state index >= 15 is 0 Å². The molecule has 1 aromatic carbocycles. The van der Waals surface area contributed by atoms with E-state index in [1.165, 1.54) is 5.56 Å². The molecular formula is C9H8NbO. The summed E-state index contributed by atoms with van der Waals surface area (Å²) in [5.74, 6) is 0.991. The fraction of sp³-hybridized carbons (Fsp3) is 0.111. The average Bonchev–Trinajstić information content (AvgIpc) is 2.05. The fourth-order valence-electron chi connectivity index (χ4n) is 1.08. The number of allylic oxidation sites excluding steroid dienone is 1. The van der Waals surface area contributed by atoms with E-state index in [0.29, 0.717) is 0 Å². The summed E-state index contributed by atoms with van der Waals surface area (Å²) in [4.78, 5) is 0. The summed E-state index contributed by atoms with van der Waals surface area (Å²) in [6.07, 6.45) is 4.75. The molecule has 1 nitrogen and oxygen atoms in total. The maximum Gasteiger partial charge on any atom is 0.130 e. The van der Waals surface area contributed by atoms with Crippen molar-refractivity contribution in [2.24, 2.45) is 0 Å². The predicted octanol–water partition coefficient (Wildman–Crippen LogP) is 2.13. The summed E-state index contributed by atoms with van der Waals surface area (Å²) in [6.45, 7) is 0. The molecule has 0 N–H and O–H groups in total. The van der Waals surface area contributed by atoms with E-state index < -0.39 is 0 Å². The molecular weight excluding hydrogens is 217 g/mol. The summed E-state index contributed by atoms with van der Waals surface area (Å²) in [5, 5.41) is 0. The molecule has 0 atom stereocenters. The molecule has 0 spiro atoms. The first kappa shape index (κ1) is 8.60. The van der Waals surface area contributed by atoms with Crippen LogP contribution in [0.3, 0.4) is 0 Å². The minimum atomic E-state index is 0. The number of ether oxygens (including phenoxy) is 1. The number of hydrogen-bond donors (Lipinski definition) is 0. The van der Waals surface area contributed by atoms with Crippen LogP contribution in [-0.4, -0.2) is 0 Å². The van der Waals surface area contributed by atoms with E-state index in [4.69, 9.17) is 4.74 Å². The second-order valence-corrected chi connectivity index (χ2v) is 2.30. The van der Waals surface area contributed by atoms with E-state index in [1.807, 2.05) is 24.3 Å². The fourth-order valence-corrected chi connectivity index (χ4v) is 1.08. The zero-order chi connectivity index (χ0) is 6.81. The van der Waals surface area contributed by atoms with Crippen molar-refractivity contribution in [2.75, 3.05) is 0 Å². The standard InChI is InChI=1S/C9H8O.Nb/c1-2-6-9-8(4-1)5-3-7-10-9;/h1-4,6-7H,5H2;. The normalized spacial score (nSPS) is 12.7. The Labute approximate surface area is 81.6 Å². The van der Waals surface area contributed by atoms with Gasteiger partial charge in [0.1, 0.15) is 5.75 Å². The zero-order valence-electron chi connectivity index (χ0n) is 6.03. The largest absolute Gasteiger partial charge is 0.465 e. The van der Waals surface area contributed by atoms with Gasteiger partial charge in [-0.1, -0.05) is 18.2 Å². The minimum Gasteiger partial charge on any atom is -0.465 e. The Morgan fingerprint density at radius 1 is 1.18 bits per heavy atom. The Morgan fingerprint density at radius 2 is 2.00 bits per heavy atom. The van der Waals surface area contributed by atoms with Crippen molar-refractivity contribution in [2.45, 2.75) is 6.42 Å². The molecule has 1 radical (unpaired) electrons. The summed E-state index contributed by atoms with van der Waals surface area (Å²) < 4.78 is 5.24. The Bertz CT molecular complexity index is 241. The van der Waals surface area contributed by atoms with Crippen molar-refractivity contribution < 1.29 is 27.1 Å². The number of fused-ring (bicyclic) bond motifs is 1. The predicted molar refractivity (Wildman–Crippen MR) is 39.9 cm³/mol. The molecule has 0 aliphatic carbocycles. The van der Waals surface area contributed by atoms with Crippen molar-refractivity contribution in [1.82, 2.24) is 0 Å². The van der Waals surface area contributed by atoms with Crippen molar-refractivity contribution >= 4 is 0 Å². The summed E-state index contributed by atoms with van der Waals surface area (Å²) in [6, 6.07) is 8.08. The maximum atomic E-state index is 5.24. The van der Waals surface area contributed by atoms with E-state index in [9.17, 15) is 0 Å². The first-order chi connectivity index (χ1) is 4.97. The van der Waals surface area contributed by atoms with Crippen molar-refractivity contribution in [3.05, 3.63) is 42.2 Å². The Balaban J connectivity index is 0.000000605. The third-order valence-electron chi connectivity index (χ3n) is 1.60. The molecule has 1 heterocycles. The van der Waals surface area contributed by atoms with Gasteiger partial charge in [-0.3, -0.25) is 0 Å². The van der Waals surface area contributed by atoms with Crippen LogP contribution < -0.4 is 4.74 Å². The van der Waals surface area contributed by atoms with Crippen LogP contribution >= 0.6 is 0 Å². The maximum absolute atomic E-state index is 5.24. The quantitative estimate of drug-likeness (QED) is 0.614. The van der Waals surface area contributed by atoms with Gasteiger partial charge in [-0.25, -0.2) is 0 Å². The molecule has 0 saturated carbocycles. The van der Waals surface area contributed by atoms with Gasteiger partial charge in [0, 0.05) is 22.4 Å². The van der Waals surface area contributed by atoms with Gasteiger partial charge in [0.05, 0.1) is 6.26 Å². The molecule has 0 fully saturated rings.